The molecule has 1 aromatic heterocycles. The number of para-hydroxylation sites is 1. The predicted octanol–water partition coefficient (Wildman–Crippen LogP) is 2.76. The van der Waals surface area contributed by atoms with Gasteiger partial charge in [-0.1, -0.05) is 6.07 Å². The second-order valence-electron chi connectivity index (χ2n) is 5.96. The van der Waals surface area contributed by atoms with Crippen LogP contribution in [0.1, 0.15) is 17.3 Å². The van der Waals surface area contributed by atoms with E-state index in [1.807, 2.05) is 0 Å². The molecule has 0 unspecified atom stereocenters. The summed E-state index contributed by atoms with van der Waals surface area (Å²) in [6.45, 7) is 1.38. The Morgan fingerprint density at radius 3 is 2.43 bits per heavy atom. The zero-order valence-corrected chi connectivity index (χ0v) is 15.6. The van der Waals surface area contributed by atoms with E-state index in [4.69, 9.17) is 9.47 Å². The number of pyridine rings is 1. The normalized spacial score (nSPS) is 10.4. The van der Waals surface area contributed by atoms with Crippen LogP contribution in [0.2, 0.25) is 0 Å². The highest BCUT2D eigenvalue weighted by Gasteiger charge is 2.17. The summed E-state index contributed by atoms with van der Waals surface area (Å²) in [6, 6.07) is 9.82. The monoisotopic (exact) mass is 381 g/mol. The fourth-order valence-corrected chi connectivity index (χ4v) is 2.84. The van der Waals surface area contributed by atoms with Gasteiger partial charge in [0.2, 0.25) is 11.3 Å². The molecule has 28 heavy (non-hydrogen) atoms. The summed E-state index contributed by atoms with van der Waals surface area (Å²) in [7, 11) is 2.96. The number of rotatable bonds is 5. The largest absolute Gasteiger partial charge is 0.495 e. The number of hydrogen-bond acceptors (Lipinski definition) is 5. The molecular formula is C20H19N3O5. The van der Waals surface area contributed by atoms with Crippen LogP contribution >= 0.6 is 0 Å². The molecule has 0 saturated carbocycles. The van der Waals surface area contributed by atoms with Gasteiger partial charge in [-0.25, -0.2) is 0 Å². The minimum Gasteiger partial charge on any atom is -0.495 e. The van der Waals surface area contributed by atoms with Crippen molar-refractivity contribution >= 4 is 34.1 Å². The summed E-state index contributed by atoms with van der Waals surface area (Å²) in [6.07, 6.45) is 1.34. The van der Waals surface area contributed by atoms with Crippen LogP contribution in [0.3, 0.4) is 0 Å². The van der Waals surface area contributed by atoms with E-state index in [0.29, 0.717) is 33.8 Å². The molecule has 144 valence electrons. The molecule has 0 bridgehead atoms. The molecule has 3 aromatic rings. The van der Waals surface area contributed by atoms with Gasteiger partial charge in [0.25, 0.3) is 5.91 Å². The first-order chi connectivity index (χ1) is 13.4. The van der Waals surface area contributed by atoms with Crippen LogP contribution in [-0.2, 0) is 4.79 Å². The number of methoxy groups -OCH3 is 2. The molecule has 8 nitrogen and oxygen atoms in total. The third kappa shape index (κ3) is 3.66. The summed E-state index contributed by atoms with van der Waals surface area (Å²) >= 11 is 0. The highest BCUT2D eigenvalue weighted by molar-refractivity contribution is 6.07. The number of aromatic amines is 1. The van der Waals surface area contributed by atoms with Crippen molar-refractivity contribution in [2.45, 2.75) is 6.92 Å². The van der Waals surface area contributed by atoms with Gasteiger partial charge < -0.3 is 25.1 Å². The molecule has 2 amide bonds. The van der Waals surface area contributed by atoms with E-state index >= 15 is 0 Å². The molecule has 0 aliphatic carbocycles. The Balaban J connectivity index is 1.98. The molecule has 0 saturated heterocycles. The van der Waals surface area contributed by atoms with E-state index in [2.05, 4.69) is 15.6 Å². The Bertz CT molecular complexity index is 1120. The first kappa shape index (κ1) is 19.0. The average molecular weight is 381 g/mol. The lowest BCUT2D eigenvalue weighted by molar-refractivity contribution is -0.114. The van der Waals surface area contributed by atoms with E-state index < -0.39 is 11.3 Å². The number of amides is 2. The Morgan fingerprint density at radius 2 is 1.75 bits per heavy atom. The summed E-state index contributed by atoms with van der Waals surface area (Å²) in [5.41, 5.74) is 0.830. The summed E-state index contributed by atoms with van der Waals surface area (Å²) in [5.74, 6) is 0.0409. The smallest absolute Gasteiger partial charge is 0.261 e. The molecule has 0 atom stereocenters. The molecule has 0 radical (unpaired) electrons. The minimum atomic E-state index is -0.607. The van der Waals surface area contributed by atoms with Gasteiger partial charge in [0.05, 0.1) is 30.8 Å². The third-order valence-corrected chi connectivity index (χ3v) is 4.11. The van der Waals surface area contributed by atoms with Gasteiger partial charge >= 0.3 is 0 Å². The predicted molar refractivity (Wildman–Crippen MR) is 106 cm³/mol. The second kappa shape index (κ2) is 7.83. The maximum Gasteiger partial charge on any atom is 0.261 e. The lowest BCUT2D eigenvalue weighted by Gasteiger charge is -2.13. The number of anilines is 2. The van der Waals surface area contributed by atoms with Gasteiger partial charge in [0.1, 0.15) is 17.1 Å². The minimum absolute atomic E-state index is 0.0623. The maximum absolute atomic E-state index is 12.8. The molecule has 3 rings (SSSR count). The highest BCUT2D eigenvalue weighted by Crippen LogP contribution is 2.28. The van der Waals surface area contributed by atoms with Crippen molar-refractivity contribution in [3.63, 3.8) is 0 Å². The Labute approximate surface area is 160 Å². The Morgan fingerprint density at radius 1 is 1.00 bits per heavy atom. The zero-order chi connectivity index (χ0) is 20.3. The number of aromatic nitrogens is 1. The molecule has 8 heteroatoms. The molecule has 0 aliphatic rings. The zero-order valence-electron chi connectivity index (χ0n) is 15.6. The number of nitrogens with one attached hydrogen (secondary N) is 3. The van der Waals surface area contributed by atoms with Crippen molar-refractivity contribution in [3.8, 4) is 11.5 Å². The van der Waals surface area contributed by atoms with E-state index in [9.17, 15) is 14.4 Å². The van der Waals surface area contributed by atoms with E-state index in [0.717, 1.165) is 0 Å². The van der Waals surface area contributed by atoms with Crippen LogP contribution in [0.5, 0.6) is 11.5 Å². The van der Waals surface area contributed by atoms with E-state index in [1.54, 1.807) is 36.4 Å². The third-order valence-electron chi connectivity index (χ3n) is 4.11. The van der Waals surface area contributed by atoms with Gasteiger partial charge in [-0.2, -0.15) is 0 Å². The number of hydrogen-bond donors (Lipinski definition) is 3. The van der Waals surface area contributed by atoms with Crippen LogP contribution in [0.15, 0.2) is 47.4 Å². The van der Waals surface area contributed by atoms with Crippen molar-refractivity contribution in [1.29, 1.82) is 0 Å². The second-order valence-corrected chi connectivity index (χ2v) is 5.96. The number of H-pyrrole nitrogens is 1. The lowest BCUT2D eigenvalue weighted by atomic mass is 10.1. The lowest BCUT2D eigenvalue weighted by Crippen LogP contribution is -2.22. The van der Waals surface area contributed by atoms with Crippen molar-refractivity contribution in [3.05, 3.63) is 58.4 Å². The fourth-order valence-electron chi connectivity index (χ4n) is 2.84. The number of carbonyl (C=O) groups is 2. The fraction of sp³-hybridized carbons (Fsp3) is 0.150. The van der Waals surface area contributed by atoms with Gasteiger partial charge in [-0.3, -0.25) is 14.4 Å². The van der Waals surface area contributed by atoms with Gasteiger partial charge in [-0.15, -0.1) is 0 Å². The molecule has 0 fully saturated rings. The average Bonchev–Trinajstić information content (AvgIpc) is 2.67. The number of ether oxygens (including phenoxy) is 2. The van der Waals surface area contributed by atoms with E-state index in [1.165, 1.54) is 27.3 Å². The molecule has 2 aromatic carbocycles. The first-order valence-corrected chi connectivity index (χ1v) is 8.40. The summed E-state index contributed by atoms with van der Waals surface area (Å²) in [5, 5.41) is 5.63. The van der Waals surface area contributed by atoms with Crippen molar-refractivity contribution in [1.82, 2.24) is 4.98 Å². The summed E-state index contributed by atoms with van der Waals surface area (Å²) < 4.78 is 10.5. The van der Waals surface area contributed by atoms with Crippen LogP contribution < -0.4 is 25.5 Å². The first-order valence-electron chi connectivity index (χ1n) is 8.40. The van der Waals surface area contributed by atoms with Crippen LogP contribution in [-0.4, -0.2) is 31.0 Å². The molecule has 0 spiro atoms. The van der Waals surface area contributed by atoms with Crippen LogP contribution in [0, 0.1) is 0 Å². The number of fused-ring (bicyclic) bond motifs is 1. The number of carbonyl (C=O) groups excluding carboxylic acids is 2. The van der Waals surface area contributed by atoms with Crippen molar-refractivity contribution in [2.75, 3.05) is 24.9 Å². The Kier molecular flexibility index (Phi) is 5.30. The maximum atomic E-state index is 12.8. The quantitative estimate of drug-likeness (QED) is 0.630. The SMILES string of the molecule is COc1ccc(NC(C)=O)cc1NC(=O)c1c[nH]c2c(OC)cccc2c1=O. The van der Waals surface area contributed by atoms with Crippen LogP contribution in [0.25, 0.3) is 10.9 Å². The molecule has 0 aliphatic heterocycles. The molecule has 1 heterocycles. The van der Waals surface area contributed by atoms with Gasteiger partial charge in [-0.05, 0) is 30.3 Å². The standard InChI is InChI=1S/C20H19N3O5/c1-11(24)22-12-7-8-16(27-2)15(9-12)23-20(26)14-10-21-18-13(19(14)25)5-4-6-17(18)28-3/h4-10H,1-3H3,(H,21,25)(H,22,24)(H,23,26). The molecule has 3 N–H and O–H groups in total. The summed E-state index contributed by atoms with van der Waals surface area (Å²) in [4.78, 5) is 39.7. The van der Waals surface area contributed by atoms with Crippen molar-refractivity contribution in [2.24, 2.45) is 0 Å². The molecular weight excluding hydrogens is 362 g/mol. The van der Waals surface area contributed by atoms with Crippen molar-refractivity contribution < 1.29 is 19.1 Å². The van der Waals surface area contributed by atoms with Gasteiger partial charge in [0, 0.05) is 18.8 Å². The number of benzene rings is 2. The Hall–Kier alpha value is -3.81. The highest BCUT2D eigenvalue weighted by atomic mass is 16.5. The van der Waals surface area contributed by atoms with Gasteiger partial charge in [0.15, 0.2) is 0 Å². The topological polar surface area (TPSA) is 110 Å². The van der Waals surface area contributed by atoms with Crippen LogP contribution in [0.4, 0.5) is 11.4 Å². The van der Waals surface area contributed by atoms with E-state index in [-0.39, 0.29) is 11.5 Å².